The van der Waals surface area contributed by atoms with Gasteiger partial charge in [-0.1, -0.05) is 50.9 Å². The topological polar surface area (TPSA) is 56.0 Å². The van der Waals surface area contributed by atoms with Crippen molar-refractivity contribution >= 4 is 0 Å². The number of aliphatic hydroxyl groups excluding tert-OH is 1. The van der Waals surface area contributed by atoms with E-state index in [9.17, 15) is 10.4 Å². The Bertz CT molecular complexity index is 595. The Labute approximate surface area is 116 Å². The second kappa shape index (κ2) is 5.81. The molecule has 92 valence electrons. The number of benzene rings is 1. The van der Waals surface area contributed by atoms with Gasteiger partial charge in [0.1, 0.15) is 6.04 Å². The van der Waals surface area contributed by atoms with Crippen LogP contribution in [0.1, 0.15) is 44.5 Å². The first-order chi connectivity index (χ1) is 11.7. The van der Waals surface area contributed by atoms with Gasteiger partial charge in [0.25, 0.3) is 0 Å². The predicted molar refractivity (Wildman–Crippen MR) is 68.3 cm³/mol. The van der Waals surface area contributed by atoms with Crippen LogP contribution in [0, 0.1) is 16.7 Å². The van der Waals surface area contributed by atoms with Crippen LogP contribution >= 0.6 is 0 Å². The van der Waals surface area contributed by atoms with Gasteiger partial charge in [0, 0.05) is 12.3 Å². The molecule has 0 heterocycles. The molecule has 0 radical (unpaired) electrons. The normalized spacial score (nSPS) is 25.1. The van der Waals surface area contributed by atoms with E-state index in [-0.39, 0.29) is 0 Å². The molecule has 17 heavy (non-hydrogen) atoms. The molecule has 0 aliphatic carbocycles. The molecule has 2 N–H and O–H groups in total. The molecule has 0 saturated heterocycles. The lowest BCUT2D eigenvalue weighted by atomic mass is 9.87. The fraction of sp³-hybridized carbons (Fsp3) is 0.500. The van der Waals surface area contributed by atoms with Crippen LogP contribution < -0.4 is 5.32 Å². The minimum atomic E-state index is -3.51. The van der Waals surface area contributed by atoms with Gasteiger partial charge in [-0.25, -0.2) is 0 Å². The zero-order valence-corrected chi connectivity index (χ0v) is 9.14. The number of rotatable bonds is 4. The average molecular weight is 241 g/mol. The molecule has 1 aromatic rings. The summed E-state index contributed by atoms with van der Waals surface area (Å²) in [4.78, 5) is 0. The molecular formula is C14H20N2O. The first-order valence-corrected chi connectivity index (χ1v) is 5.05. The van der Waals surface area contributed by atoms with Gasteiger partial charge in [0.15, 0.2) is 0 Å². The third-order valence-electron chi connectivity index (χ3n) is 2.31. The van der Waals surface area contributed by atoms with E-state index in [1.165, 1.54) is 6.07 Å². The summed E-state index contributed by atoms with van der Waals surface area (Å²) in [5.41, 5.74) is -2.89. The van der Waals surface area contributed by atoms with Gasteiger partial charge in [0.2, 0.25) is 0 Å². The molecule has 0 amide bonds. The van der Waals surface area contributed by atoms with Crippen LogP contribution in [0.25, 0.3) is 0 Å². The fourth-order valence-electron chi connectivity index (χ4n) is 1.40. The van der Waals surface area contributed by atoms with Crippen molar-refractivity contribution in [1.82, 2.24) is 5.32 Å². The van der Waals surface area contributed by atoms with Crippen molar-refractivity contribution in [2.75, 3.05) is 6.61 Å². The molecule has 0 aromatic heterocycles. The Hall–Kier alpha value is -1.37. The third-order valence-corrected chi connectivity index (χ3v) is 2.31. The van der Waals surface area contributed by atoms with E-state index in [0.29, 0.717) is 5.56 Å². The highest BCUT2D eigenvalue weighted by molar-refractivity contribution is 5.20. The predicted octanol–water partition coefficient (Wildman–Crippen LogP) is 2.25. The standard InChI is InChI=1S/C14H20N2O/c1-14(2,3)13(9-15)16-12(10-17)11-7-5-4-6-8-11/h4-8,12-13,16-17H,10H2,1-3H3/t12-,13+/m0/s1/i1D3,2D3,3D3. The zero-order chi connectivity index (χ0) is 20.4. The quantitative estimate of drug-likeness (QED) is 0.850. The first kappa shape index (κ1) is 5.51. The van der Waals surface area contributed by atoms with Gasteiger partial charge in [-0.2, -0.15) is 5.26 Å². The molecule has 0 aliphatic rings. The van der Waals surface area contributed by atoms with Crippen molar-refractivity contribution in [3.05, 3.63) is 35.9 Å². The zero-order valence-electron chi connectivity index (χ0n) is 18.1. The molecule has 3 heteroatoms. The van der Waals surface area contributed by atoms with E-state index in [2.05, 4.69) is 5.32 Å². The van der Waals surface area contributed by atoms with Crippen LogP contribution in [0.2, 0.25) is 0 Å². The monoisotopic (exact) mass is 241 g/mol. The lowest BCUT2D eigenvalue weighted by Gasteiger charge is -2.29. The molecule has 1 rings (SSSR count). The summed E-state index contributed by atoms with van der Waals surface area (Å²) in [5.74, 6) is 0. The summed E-state index contributed by atoms with van der Waals surface area (Å²) in [6.07, 6.45) is 0. The maximum Gasteiger partial charge on any atom is 0.101 e. The van der Waals surface area contributed by atoms with E-state index >= 15 is 0 Å². The SMILES string of the molecule is [2H]C([2H])([2H])C([C@@H](C#N)N[C@@H](CO)c1ccccc1)(C([2H])([2H])[2H])C([2H])([2H])[2H]. The van der Waals surface area contributed by atoms with Crippen LogP contribution in [0.4, 0.5) is 0 Å². The van der Waals surface area contributed by atoms with Crippen molar-refractivity contribution in [2.45, 2.75) is 32.6 Å². The molecule has 0 saturated carbocycles. The van der Waals surface area contributed by atoms with Crippen molar-refractivity contribution < 1.29 is 17.4 Å². The number of nitriles is 1. The Morgan fingerprint density at radius 3 is 2.53 bits per heavy atom. The summed E-state index contributed by atoms with van der Waals surface area (Å²) >= 11 is 0. The van der Waals surface area contributed by atoms with Gasteiger partial charge in [-0.15, -0.1) is 0 Å². The van der Waals surface area contributed by atoms with Crippen molar-refractivity contribution in [3.63, 3.8) is 0 Å². The number of hydrogen-bond acceptors (Lipinski definition) is 3. The molecule has 0 spiro atoms. The summed E-state index contributed by atoms with van der Waals surface area (Å²) in [6.45, 7) is -11.1. The molecule has 0 unspecified atom stereocenters. The average Bonchev–Trinajstić information content (AvgIpc) is 2.48. The van der Waals surface area contributed by atoms with E-state index in [0.717, 1.165) is 0 Å². The highest BCUT2D eigenvalue weighted by Gasteiger charge is 2.26. The van der Waals surface area contributed by atoms with Gasteiger partial charge in [-0.3, -0.25) is 5.32 Å². The van der Waals surface area contributed by atoms with Crippen molar-refractivity contribution in [1.29, 1.82) is 5.26 Å². The first-order valence-electron chi connectivity index (χ1n) is 9.55. The molecule has 0 bridgehead atoms. The second-order valence-corrected chi connectivity index (χ2v) is 3.68. The number of aliphatic hydroxyl groups is 1. The Morgan fingerprint density at radius 2 is 2.06 bits per heavy atom. The lowest BCUT2D eigenvalue weighted by molar-refractivity contribution is 0.211. The van der Waals surface area contributed by atoms with Crippen LogP contribution in [-0.4, -0.2) is 17.8 Å². The van der Waals surface area contributed by atoms with Crippen LogP contribution in [0.5, 0.6) is 0 Å². The van der Waals surface area contributed by atoms with E-state index in [1.54, 1.807) is 30.3 Å². The number of nitrogens with zero attached hydrogens (tertiary/aromatic N) is 1. The largest absolute Gasteiger partial charge is 0.394 e. The van der Waals surface area contributed by atoms with Crippen molar-refractivity contribution in [2.24, 2.45) is 5.41 Å². The van der Waals surface area contributed by atoms with Crippen LogP contribution in [-0.2, 0) is 0 Å². The highest BCUT2D eigenvalue weighted by atomic mass is 16.3. The molecular weight excluding hydrogens is 212 g/mol. The Kier molecular flexibility index (Phi) is 1.88. The van der Waals surface area contributed by atoms with E-state index < -0.39 is 44.7 Å². The Morgan fingerprint density at radius 1 is 1.41 bits per heavy atom. The van der Waals surface area contributed by atoms with E-state index in [4.69, 9.17) is 12.3 Å². The van der Waals surface area contributed by atoms with Crippen LogP contribution in [0.3, 0.4) is 0 Å². The summed E-state index contributed by atoms with van der Waals surface area (Å²) in [6, 6.07) is 6.47. The fourth-order valence-corrected chi connectivity index (χ4v) is 1.40. The van der Waals surface area contributed by atoms with Gasteiger partial charge in [-0.05, 0) is 11.0 Å². The molecule has 3 nitrogen and oxygen atoms in total. The maximum atomic E-state index is 9.60. The number of nitrogens with one attached hydrogen (secondary N) is 1. The maximum absolute atomic E-state index is 9.60. The molecule has 0 fully saturated rings. The minimum absolute atomic E-state index is 0.450. The lowest BCUT2D eigenvalue weighted by Crippen LogP contribution is -2.42. The van der Waals surface area contributed by atoms with E-state index in [1.807, 2.05) is 0 Å². The van der Waals surface area contributed by atoms with Gasteiger partial charge < -0.3 is 5.11 Å². The van der Waals surface area contributed by atoms with Crippen molar-refractivity contribution in [3.8, 4) is 6.07 Å². The van der Waals surface area contributed by atoms with Gasteiger partial charge >= 0.3 is 0 Å². The Balaban J connectivity index is 3.55. The highest BCUT2D eigenvalue weighted by Crippen LogP contribution is 2.22. The molecule has 2 atom stereocenters. The summed E-state index contributed by atoms with van der Waals surface area (Å²) in [7, 11) is 0. The van der Waals surface area contributed by atoms with Gasteiger partial charge in [0.05, 0.1) is 18.7 Å². The number of hydrogen-bond donors (Lipinski definition) is 2. The minimum Gasteiger partial charge on any atom is -0.394 e. The third kappa shape index (κ3) is 3.85. The molecule has 1 aromatic carbocycles. The smallest absolute Gasteiger partial charge is 0.101 e. The summed E-state index contributed by atoms with van der Waals surface area (Å²) in [5, 5.41) is 21.5. The second-order valence-electron chi connectivity index (χ2n) is 3.68. The summed E-state index contributed by atoms with van der Waals surface area (Å²) < 4.78 is 68.8. The molecule has 0 aliphatic heterocycles. The van der Waals surface area contributed by atoms with Crippen LogP contribution in [0.15, 0.2) is 30.3 Å².